The highest BCUT2D eigenvalue weighted by Crippen LogP contribution is 2.38. The lowest BCUT2D eigenvalue weighted by Gasteiger charge is -2.36. The molecule has 0 bridgehead atoms. The summed E-state index contributed by atoms with van der Waals surface area (Å²) in [7, 11) is 0. The quantitative estimate of drug-likeness (QED) is 0.647. The molecule has 5 heteroatoms. The van der Waals surface area contributed by atoms with Gasteiger partial charge in [0.25, 0.3) is 0 Å². The van der Waals surface area contributed by atoms with Crippen LogP contribution in [-0.4, -0.2) is 37.1 Å². The molecule has 1 aromatic carbocycles. The van der Waals surface area contributed by atoms with Crippen molar-refractivity contribution in [3.8, 4) is 0 Å². The van der Waals surface area contributed by atoms with Crippen LogP contribution >= 0.6 is 39.1 Å². The summed E-state index contributed by atoms with van der Waals surface area (Å²) in [4.78, 5) is 5.06. The van der Waals surface area contributed by atoms with Gasteiger partial charge in [0.2, 0.25) is 0 Å². The molecule has 20 heavy (non-hydrogen) atoms. The fourth-order valence-electron chi connectivity index (χ4n) is 3.35. The van der Waals surface area contributed by atoms with Gasteiger partial charge in [-0.1, -0.05) is 29.6 Å². The largest absolute Gasteiger partial charge is 0.369 e. The van der Waals surface area contributed by atoms with E-state index in [0.29, 0.717) is 16.1 Å². The second-order valence-corrected chi connectivity index (χ2v) is 7.29. The van der Waals surface area contributed by atoms with Crippen LogP contribution in [0.5, 0.6) is 0 Å². The number of anilines is 1. The molecule has 2 fully saturated rings. The van der Waals surface area contributed by atoms with Gasteiger partial charge >= 0.3 is 0 Å². The average Bonchev–Trinajstić information content (AvgIpc) is 2.67. The number of piperidine rings is 1. The van der Waals surface area contributed by atoms with E-state index in [-0.39, 0.29) is 0 Å². The highest BCUT2D eigenvalue weighted by atomic mass is 79.9. The molecule has 0 amide bonds. The monoisotopic (exact) mass is 376 g/mol. The van der Waals surface area contributed by atoms with Crippen molar-refractivity contribution in [2.75, 3.05) is 31.1 Å². The number of nitrogens with zero attached hydrogens (tertiary/aromatic N) is 2. The first-order chi connectivity index (χ1) is 9.66. The van der Waals surface area contributed by atoms with Crippen molar-refractivity contribution in [2.24, 2.45) is 0 Å². The summed E-state index contributed by atoms with van der Waals surface area (Å²) in [5, 5.41) is 1.29. The zero-order chi connectivity index (χ0) is 14.1. The molecule has 0 spiro atoms. The molecule has 2 heterocycles. The molecule has 1 atom stereocenters. The smallest absolute Gasteiger partial charge is 0.0837 e. The molecule has 110 valence electrons. The van der Waals surface area contributed by atoms with Gasteiger partial charge < -0.3 is 4.90 Å². The summed E-state index contributed by atoms with van der Waals surface area (Å²) in [6.07, 6.45) is 5.20. The zero-order valence-electron chi connectivity index (χ0n) is 11.4. The molecular weight excluding hydrogens is 359 g/mol. The lowest BCUT2D eigenvalue weighted by Crippen LogP contribution is -2.44. The Kier molecular flexibility index (Phi) is 4.81. The van der Waals surface area contributed by atoms with Gasteiger partial charge in [-0.25, -0.2) is 0 Å². The predicted octanol–water partition coefficient (Wildman–Crippen LogP) is 4.82. The standard InChI is InChI=1S/C15H19BrCl2N2/c16-12-5-6-13(15(18)14(12)17)20-9-3-8-19-7-2-1-4-11(19)10-20/h5-6,11H,1-4,7-10H2. The van der Waals surface area contributed by atoms with E-state index in [0.717, 1.165) is 23.2 Å². The number of rotatable bonds is 1. The molecule has 0 radical (unpaired) electrons. The summed E-state index contributed by atoms with van der Waals surface area (Å²) in [5.74, 6) is 0. The average molecular weight is 378 g/mol. The molecular formula is C15H19BrCl2N2. The van der Waals surface area contributed by atoms with Crippen LogP contribution in [-0.2, 0) is 0 Å². The predicted molar refractivity (Wildman–Crippen MR) is 90.2 cm³/mol. The maximum Gasteiger partial charge on any atom is 0.0837 e. The van der Waals surface area contributed by atoms with Gasteiger partial charge in [-0.2, -0.15) is 0 Å². The Morgan fingerprint density at radius 1 is 1.00 bits per heavy atom. The Labute approximate surface area is 139 Å². The van der Waals surface area contributed by atoms with E-state index in [2.05, 4.69) is 31.8 Å². The van der Waals surface area contributed by atoms with Crippen molar-refractivity contribution in [3.63, 3.8) is 0 Å². The number of fused-ring (bicyclic) bond motifs is 1. The fourth-order valence-corrected chi connectivity index (χ4v) is 4.24. The highest BCUT2D eigenvalue weighted by Gasteiger charge is 2.28. The molecule has 1 aromatic rings. The lowest BCUT2D eigenvalue weighted by atomic mass is 10.0. The summed E-state index contributed by atoms with van der Waals surface area (Å²) in [6, 6.07) is 4.74. The molecule has 1 unspecified atom stereocenters. The number of benzene rings is 1. The Morgan fingerprint density at radius 3 is 2.65 bits per heavy atom. The Hall–Kier alpha value is 0.0400. The number of hydrogen-bond donors (Lipinski definition) is 0. The SMILES string of the molecule is Clc1c(Br)ccc(N2CCCN3CCCCC3C2)c1Cl. The van der Waals surface area contributed by atoms with Crippen LogP contribution in [0.15, 0.2) is 16.6 Å². The highest BCUT2D eigenvalue weighted by molar-refractivity contribution is 9.10. The van der Waals surface area contributed by atoms with Gasteiger partial charge in [-0.3, -0.25) is 4.90 Å². The maximum atomic E-state index is 6.44. The van der Waals surface area contributed by atoms with E-state index in [1.807, 2.05) is 6.07 Å². The third-order valence-electron chi connectivity index (χ3n) is 4.41. The molecule has 2 nitrogen and oxygen atoms in total. The second kappa shape index (κ2) is 6.43. The first kappa shape index (κ1) is 15.0. The molecule has 0 N–H and O–H groups in total. The van der Waals surface area contributed by atoms with Crippen molar-refractivity contribution < 1.29 is 0 Å². The topological polar surface area (TPSA) is 6.48 Å². The van der Waals surface area contributed by atoms with Gasteiger partial charge in [0.15, 0.2) is 0 Å². The van der Waals surface area contributed by atoms with Crippen LogP contribution in [0.2, 0.25) is 10.0 Å². The zero-order valence-corrected chi connectivity index (χ0v) is 14.5. The molecule has 3 rings (SSSR count). The van der Waals surface area contributed by atoms with Crippen LogP contribution in [0.3, 0.4) is 0 Å². The second-order valence-electron chi connectivity index (χ2n) is 5.68. The van der Waals surface area contributed by atoms with Crippen molar-refractivity contribution in [1.82, 2.24) is 4.90 Å². The van der Waals surface area contributed by atoms with E-state index in [1.54, 1.807) is 0 Å². The first-order valence-corrected chi connectivity index (χ1v) is 8.84. The molecule has 0 saturated carbocycles. The van der Waals surface area contributed by atoms with Crippen LogP contribution in [0.1, 0.15) is 25.7 Å². The molecule has 2 aliphatic heterocycles. The number of hydrogen-bond acceptors (Lipinski definition) is 2. The normalized spacial score (nSPS) is 24.4. The summed E-state index contributed by atoms with van der Waals surface area (Å²) in [6.45, 7) is 4.60. The van der Waals surface area contributed by atoms with E-state index in [1.165, 1.54) is 38.8 Å². The van der Waals surface area contributed by atoms with Gasteiger partial charge in [-0.15, -0.1) is 0 Å². The third kappa shape index (κ3) is 2.96. The maximum absolute atomic E-state index is 6.44. The molecule has 0 aliphatic carbocycles. The van der Waals surface area contributed by atoms with Crippen molar-refractivity contribution in [1.29, 1.82) is 0 Å². The van der Waals surface area contributed by atoms with Crippen molar-refractivity contribution >= 4 is 44.8 Å². The van der Waals surface area contributed by atoms with Crippen molar-refractivity contribution in [3.05, 3.63) is 26.7 Å². The Morgan fingerprint density at radius 2 is 1.80 bits per heavy atom. The number of halogens is 3. The third-order valence-corrected chi connectivity index (χ3v) is 6.17. The molecule has 2 saturated heterocycles. The minimum atomic E-state index is 0.619. The first-order valence-electron chi connectivity index (χ1n) is 7.29. The van der Waals surface area contributed by atoms with Gasteiger partial charge in [0, 0.05) is 30.1 Å². The minimum absolute atomic E-state index is 0.619. The van der Waals surface area contributed by atoms with Crippen LogP contribution in [0, 0.1) is 0 Å². The van der Waals surface area contributed by atoms with E-state index in [9.17, 15) is 0 Å². The molecule has 0 aromatic heterocycles. The van der Waals surface area contributed by atoms with Gasteiger partial charge in [-0.05, 0) is 53.9 Å². The summed E-state index contributed by atoms with van der Waals surface area (Å²) >= 11 is 16.1. The van der Waals surface area contributed by atoms with Crippen LogP contribution in [0.25, 0.3) is 0 Å². The van der Waals surface area contributed by atoms with E-state index >= 15 is 0 Å². The van der Waals surface area contributed by atoms with E-state index in [4.69, 9.17) is 23.2 Å². The van der Waals surface area contributed by atoms with Gasteiger partial charge in [0.05, 0.1) is 15.7 Å². The minimum Gasteiger partial charge on any atom is -0.369 e. The van der Waals surface area contributed by atoms with E-state index < -0.39 is 0 Å². The fraction of sp³-hybridized carbons (Fsp3) is 0.600. The summed E-state index contributed by atoms with van der Waals surface area (Å²) < 4.78 is 0.863. The Bertz CT molecular complexity index is 495. The summed E-state index contributed by atoms with van der Waals surface area (Å²) in [5.41, 5.74) is 1.08. The lowest BCUT2D eigenvalue weighted by molar-refractivity contribution is 0.162. The van der Waals surface area contributed by atoms with Crippen LogP contribution in [0.4, 0.5) is 5.69 Å². The van der Waals surface area contributed by atoms with Gasteiger partial charge in [0.1, 0.15) is 0 Å². The molecule has 2 aliphatic rings. The van der Waals surface area contributed by atoms with Crippen molar-refractivity contribution in [2.45, 2.75) is 31.7 Å². The van der Waals surface area contributed by atoms with Crippen LogP contribution < -0.4 is 4.90 Å². The Balaban J connectivity index is 1.84.